The van der Waals surface area contributed by atoms with Gasteiger partial charge in [-0.25, -0.2) is 0 Å². The molecule has 22 heavy (non-hydrogen) atoms. The monoisotopic (exact) mass is 322 g/mol. The van der Waals surface area contributed by atoms with Gasteiger partial charge in [0.15, 0.2) is 0 Å². The molecule has 0 aliphatic rings. The van der Waals surface area contributed by atoms with Crippen molar-refractivity contribution in [3.8, 4) is 5.75 Å². The zero-order valence-electron chi connectivity index (χ0n) is 15.2. The zero-order valence-corrected chi connectivity index (χ0v) is 16.2. The van der Waals surface area contributed by atoms with E-state index in [1.165, 1.54) is 36.8 Å². The molecule has 2 nitrogen and oxygen atoms in total. The Balaban J connectivity index is 2.58. The lowest BCUT2D eigenvalue weighted by molar-refractivity contribution is 0.230. The van der Waals surface area contributed by atoms with Gasteiger partial charge in [0.2, 0.25) is 0 Å². The van der Waals surface area contributed by atoms with Gasteiger partial charge in [0.25, 0.3) is 0 Å². The van der Waals surface area contributed by atoms with Gasteiger partial charge in [-0.1, -0.05) is 52.5 Å². The highest BCUT2D eigenvalue weighted by molar-refractivity contribution is 6.68. The normalized spacial score (nSPS) is 11.7. The molecule has 0 amide bonds. The van der Waals surface area contributed by atoms with Crippen molar-refractivity contribution in [1.82, 2.24) is 0 Å². The molecule has 1 aromatic rings. The average molecular weight is 323 g/mol. The Morgan fingerprint density at radius 3 is 1.95 bits per heavy atom. The van der Waals surface area contributed by atoms with Gasteiger partial charge >= 0.3 is 8.56 Å². The molecule has 0 atom stereocenters. The van der Waals surface area contributed by atoms with Crippen LogP contribution < -0.4 is 4.43 Å². The van der Waals surface area contributed by atoms with Crippen molar-refractivity contribution in [3.05, 3.63) is 29.3 Å². The van der Waals surface area contributed by atoms with Crippen LogP contribution in [0.4, 0.5) is 0 Å². The second kappa shape index (κ2) is 10.1. The molecule has 1 aromatic carbocycles. The molecule has 0 N–H and O–H groups in total. The molecule has 0 aromatic heterocycles. The summed E-state index contributed by atoms with van der Waals surface area (Å²) >= 11 is 0. The quantitative estimate of drug-likeness (QED) is 0.359. The van der Waals surface area contributed by atoms with Crippen LogP contribution in [0.25, 0.3) is 0 Å². The highest BCUT2D eigenvalue weighted by atomic mass is 28.4. The first-order valence-electron chi connectivity index (χ1n) is 8.96. The van der Waals surface area contributed by atoms with Crippen molar-refractivity contribution in [2.24, 2.45) is 0 Å². The molecule has 0 spiro atoms. The highest BCUT2D eigenvalue weighted by Gasteiger charge is 2.35. The van der Waals surface area contributed by atoms with Crippen molar-refractivity contribution in [2.45, 2.75) is 78.8 Å². The van der Waals surface area contributed by atoms with Crippen molar-refractivity contribution in [2.75, 3.05) is 6.61 Å². The number of hydrogen-bond acceptors (Lipinski definition) is 2. The molecule has 0 radical (unpaired) electrons. The molecular formula is C19H34O2Si. The van der Waals surface area contributed by atoms with Crippen molar-refractivity contribution < 1.29 is 8.85 Å². The van der Waals surface area contributed by atoms with E-state index in [0.29, 0.717) is 0 Å². The summed E-state index contributed by atoms with van der Waals surface area (Å²) in [4.78, 5) is 0. The molecule has 0 aliphatic carbocycles. The first-order valence-corrected chi connectivity index (χ1v) is 11.2. The molecule has 0 saturated carbocycles. The van der Waals surface area contributed by atoms with Crippen LogP contribution in [0.1, 0.15) is 64.0 Å². The summed E-state index contributed by atoms with van der Waals surface area (Å²) in [5, 5.41) is 0. The van der Waals surface area contributed by atoms with E-state index in [9.17, 15) is 0 Å². The van der Waals surface area contributed by atoms with Gasteiger partial charge in [-0.3, -0.25) is 0 Å². The van der Waals surface area contributed by atoms with Crippen LogP contribution in [0.15, 0.2) is 18.2 Å². The van der Waals surface area contributed by atoms with Crippen molar-refractivity contribution >= 4 is 8.56 Å². The van der Waals surface area contributed by atoms with E-state index in [4.69, 9.17) is 8.85 Å². The zero-order chi connectivity index (χ0) is 16.4. The maximum atomic E-state index is 6.41. The Morgan fingerprint density at radius 2 is 1.41 bits per heavy atom. The largest absolute Gasteiger partial charge is 0.520 e. The topological polar surface area (TPSA) is 18.5 Å². The fourth-order valence-corrected chi connectivity index (χ4v) is 5.12. The molecule has 3 heteroatoms. The van der Waals surface area contributed by atoms with Crippen LogP contribution >= 0.6 is 0 Å². The van der Waals surface area contributed by atoms with E-state index in [0.717, 1.165) is 30.9 Å². The Hall–Kier alpha value is -0.803. The first kappa shape index (κ1) is 19.2. The minimum Gasteiger partial charge on any atom is -0.520 e. The average Bonchev–Trinajstić information content (AvgIpc) is 2.48. The van der Waals surface area contributed by atoms with Gasteiger partial charge < -0.3 is 8.85 Å². The fourth-order valence-electron chi connectivity index (χ4n) is 2.80. The second-order valence-corrected chi connectivity index (χ2v) is 10.0. The van der Waals surface area contributed by atoms with E-state index in [1.807, 2.05) is 0 Å². The SMILES string of the molecule is CCCCCCCO[Si](CC)(CC)Oc1cc(C)cc(C)c1. The smallest absolute Gasteiger partial charge is 0.398 e. The molecule has 126 valence electrons. The van der Waals surface area contributed by atoms with E-state index >= 15 is 0 Å². The molecule has 0 aliphatic heterocycles. The predicted molar refractivity (Wildman–Crippen MR) is 98.0 cm³/mol. The van der Waals surface area contributed by atoms with Gasteiger partial charge in [0.05, 0.1) is 0 Å². The Labute approximate surface area is 138 Å². The summed E-state index contributed by atoms with van der Waals surface area (Å²) in [5.41, 5.74) is 2.51. The Kier molecular flexibility index (Phi) is 8.80. The predicted octanol–water partition coefficient (Wildman–Crippen LogP) is 6.15. The Bertz CT molecular complexity index is 407. The van der Waals surface area contributed by atoms with E-state index in [2.05, 4.69) is 52.8 Å². The van der Waals surface area contributed by atoms with Crippen LogP contribution in [0.5, 0.6) is 5.75 Å². The summed E-state index contributed by atoms with van der Waals surface area (Å²) in [6, 6.07) is 8.45. The molecule has 0 saturated heterocycles. The standard InChI is InChI=1S/C19H34O2Si/c1-6-9-10-11-12-13-20-22(7-2,8-3)21-19-15-17(4)14-18(5)16-19/h14-16H,6-13H2,1-5H3. The lowest BCUT2D eigenvalue weighted by Crippen LogP contribution is -2.44. The first-order chi connectivity index (χ1) is 10.5. The maximum absolute atomic E-state index is 6.41. The van der Waals surface area contributed by atoms with Gasteiger partial charge in [-0.15, -0.1) is 0 Å². The summed E-state index contributed by atoms with van der Waals surface area (Å²) in [6.07, 6.45) is 6.38. The fraction of sp³-hybridized carbons (Fsp3) is 0.684. The maximum Gasteiger partial charge on any atom is 0.398 e. The van der Waals surface area contributed by atoms with Gasteiger partial charge in [-0.2, -0.15) is 0 Å². The minimum absolute atomic E-state index is 0.850. The number of benzene rings is 1. The van der Waals surface area contributed by atoms with E-state index in [1.54, 1.807) is 0 Å². The third-order valence-corrected chi connectivity index (χ3v) is 7.68. The number of aryl methyl sites for hydroxylation is 2. The van der Waals surface area contributed by atoms with Crippen molar-refractivity contribution in [3.63, 3.8) is 0 Å². The van der Waals surface area contributed by atoms with Gasteiger partial charge in [0.1, 0.15) is 5.75 Å². The third-order valence-electron chi connectivity index (χ3n) is 4.19. The summed E-state index contributed by atoms with van der Waals surface area (Å²) in [7, 11) is -2.10. The lowest BCUT2D eigenvalue weighted by Gasteiger charge is -2.29. The van der Waals surface area contributed by atoms with Crippen molar-refractivity contribution in [1.29, 1.82) is 0 Å². The summed E-state index contributed by atoms with van der Waals surface area (Å²) < 4.78 is 12.7. The molecule has 0 unspecified atom stereocenters. The number of hydrogen-bond donors (Lipinski definition) is 0. The molecular weight excluding hydrogens is 288 g/mol. The van der Waals surface area contributed by atoms with Crippen LogP contribution in [0.3, 0.4) is 0 Å². The van der Waals surface area contributed by atoms with Crippen LogP contribution in [0, 0.1) is 13.8 Å². The minimum atomic E-state index is -2.10. The van der Waals surface area contributed by atoms with Gasteiger partial charge in [0, 0.05) is 6.61 Å². The van der Waals surface area contributed by atoms with Crippen LogP contribution in [0.2, 0.25) is 12.1 Å². The lowest BCUT2D eigenvalue weighted by atomic mass is 10.1. The number of rotatable bonds is 11. The highest BCUT2D eigenvalue weighted by Crippen LogP contribution is 2.25. The van der Waals surface area contributed by atoms with E-state index in [-0.39, 0.29) is 0 Å². The summed E-state index contributed by atoms with van der Waals surface area (Å²) in [6.45, 7) is 11.7. The molecule has 0 fully saturated rings. The van der Waals surface area contributed by atoms with Gasteiger partial charge in [-0.05, 0) is 55.6 Å². The molecule has 0 bridgehead atoms. The Morgan fingerprint density at radius 1 is 0.818 bits per heavy atom. The third kappa shape index (κ3) is 6.53. The molecule has 1 rings (SSSR count). The van der Waals surface area contributed by atoms with Crippen LogP contribution in [-0.2, 0) is 4.43 Å². The second-order valence-electron chi connectivity index (χ2n) is 6.31. The van der Waals surface area contributed by atoms with Crippen LogP contribution in [-0.4, -0.2) is 15.2 Å². The summed E-state index contributed by atoms with van der Waals surface area (Å²) in [5.74, 6) is 0.985. The van der Waals surface area contributed by atoms with E-state index < -0.39 is 8.56 Å². The number of unbranched alkanes of at least 4 members (excludes halogenated alkanes) is 4. The molecule has 0 heterocycles.